The molecule has 0 N–H and O–H groups in total. The molecule has 2 unspecified atom stereocenters. The average molecular weight is 291 g/mol. The molecule has 5 heteroatoms. The van der Waals surface area contributed by atoms with Gasteiger partial charge in [0, 0.05) is 13.1 Å². The number of benzene rings is 1. The fraction of sp³-hybridized carbons (Fsp3) is 0.562. The van der Waals surface area contributed by atoms with Gasteiger partial charge in [0.1, 0.15) is 12.7 Å². The number of esters is 1. The van der Waals surface area contributed by atoms with E-state index >= 15 is 0 Å². The van der Waals surface area contributed by atoms with Gasteiger partial charge in [0.25, 0.3) is 0 Å². The summed E-state index contributed by atoms with van der Waals surface area (Å²) in [5.74, 6) is 1.49. The van der Waals surface area contributed by atoms with Crippen molar-refractivity contribution < 1.29 is 19.0 Å². The Hall–Kier alpha value is -1.75. The highest BCUT2D eigenvalue weighted by molar-refractivity contribution is 5.72. The highest BCUT2D eigenvalue weighted by atomic mass is 16.6. The van der Waals surface area contributed by atoms with Gasteiger partial charge in [-0.1, -0.05) is 12.1 Å². The van der Waals surface area contributed by atoms with Gasteiger partial charge in [0.05, 0.1) is 13.0 Å². The van der Waals surface area contributed by atoms with Crippen molar-refractivity contribution in [2.45, 2.75) is 18.9 Å². The van der Waals surface area contributed by atoms with E-state index in [4.69, 9.17) is 14.2 Å². The number of fused-ring (bicyclic) bond motifs is 1. The van der Waals surface area contributed by atoms with Gasteiger partial charge < -0.3 is 14.2 Å². The van der Waals surface area contributed by atoms with Gasteiger partial charge in [-0.3, -0.25) is 9.69 Å². The molecule has 5 nitrogen and oxygen atoms in total. The van der Waals surface area contributed by atoms with Crippen LogP contribution in [0.2, 0.25) is 0 Å². The minimum Gasteiger partial charge on any atom is -0.486 e. The van der Waals surface area contributed by atoms with E-state index in [0.717, 1.165) is 44.0 Å². The minimum atomic E-state index is -0.106. The lowest BCUT2D eigenvalue weighted by atomic mass is 9.98. The molecule has 0 spiro atoms. The Bertz CT molecular complexity index is 505. The van der Waals surface area contributed by atoms with Crippen molar-refractivity contribution >= 4 is 5.97 Å². The second-order valence-corrected chi connectivity index (χ2v) is 5.62. The zero-order chi connectivity index (χ0) is 14.7. The molecule has 1 aromatic rings. The molecule has 1 fully saturated rings. The number of nitrogens with zero attached hydrogens (tertiary/aromatic N) is 1. The fourth-order valence-corrected chi connectivity index (χ4v) is 3.02. The summed E-state index contributed by atoms with van der Waals surface area (Å²) in [6, 6.07) is 7.72. The highest BCUT2D eigenvalue weighted by Crippen LogP contribution is 2.31. The number of methoxy groups -OCH3 is 1. The average Bonchev–Trinajstić information content (AvgIpc) is 2.54. The number of hydrogen-bond donors (Lipinski definition) is 0. The summed E-state index contributed by atoms with van der Waals surface area (Å²) in [4.78, 5) is 13.9. The van der Waals surface area contributed by atoms with Gasteiger partial charge in [-0.15, -0.1) is 0 Å². The molecule has 2 aliphatic rings. The van der Waals surface area contributed by atoms with Gasteiger partial charge in [-0.05, 0) is 31.5 Å². The number of likely N-dealkylation sites (tertiary alicyclic amines) is 1. The van der Waals surface area contributed by atoms with Crippen molar-refractivity contribution in [2.75, 3.05) is 33.4 Å². The van der Waals surface area contributed by atoms with E-state index in [0.29, 0.717) is 6.61 Å². The van der Waals surface area contributed by atoms with Crippen LogP contribution < -0.4 is 9.47 Å². The molecule has 0 amide bonds. The molecule has 0 bridgehead atoms. The smallest absolute Gasteiger partial charge is 0.309 e. The molecule has 2 aliphatic heterocycles. The van der Waals surface area contributed by atoms with E-state index in [-0.39, 0.29) is 18.0 Å². The summed E-state index contributed by atoms with van der Waals surface area (Å²) < 4.78 is 16.6. The summed E-state index contributed by atoms with van der Waals surface area (Å²) in [6.45, 7) is 3.07. The molecule has 21 heavy (non-hydrogen) atoms. The standard InChI is InChI=1S/C16H21NO4/c1-19-16(18)12-5-4-8-17(9-12)10-13-11-20-14-6-2-3-7-15(14)21-13/h2-3,6-7,12-13H,4-5,8-11H2,1H3. The lowest BCUT2D eigenvalue weighted by Gasteiger charge is -2.35. The normalized spacial score (nSPS) is 25.4. The van der Waals surface area contributed by atoms with Crippen LogP contribution in [0.25, 0.3) is 0 Å². The third-order valence-corrected chi connectivity index (χ3v) is 4.07. The van der Waals surface area contributed by atoms with Crippen LogP contribution in [0.5, 0.6) is 11.5 Å². The maximum Gasteiger partial charge on any atom is 0.309 e. The second kappa shape index (κ2) is 6.35. The van der Waals surface area contributed by atoms with Crippen molar-refractivity contribution in [1.82, 2.24) is 4.90 Å². The van der Waals surface area contributed by atoms with Crippen LogP contribution in [0.3, 0.4) is 0 Å². The van der Waals surface area contributed by atoms with Crippen molar-refractivity contribution in [3.8, 4) is 11.5 Å². The van der Waals surface area contributed by atoms with Gasteiger partial charge in [-0.2, -0.15) is 0 Å². The summed E-state index contributed by atoms with van der Waals surface area (Å²) >= 11 is 0. The molecule has 3 rings (SSSR count). The molecular weight excluding hydrogens is 270 g/mol. The third-order valence-electron chi connectivity index (χ3n) is 4.07. The molecule has 0 aliphatic carbocycles. The Morgan fingerprint density at radius 1 is 1.38 bits per heavy atom. The molecular formula is C16H21NO4. The Labute approximate surface area is 124 Å². The number of ether oxygens (including phenoxy) is 3. The van der Waals surface area contributed by atoms with E-state index in [1.54, 1.807) is 0 Å². The van der Waals surface area contributed by atoms with Crippen molar-refractivity contribution in [3.05, 3.63) is 24.3 Å². The summed E-state index contributed by atoms with van der Waals surface area (Å²) in [5, 5.41) is 0. The Morgan fingerprint density at radius 2 is 2.19 bits per heavy atom. The number of rotatable bonds is 3. The topological polar surface area (TPSA) is 48.0 Å². The SMILES string of the molecule is COC(=O)C1CCCN(CC2COc3ccccc3O2)C1. The first-order valence-electron chi connectivity index (χ1n) is 7.45. The Morgan fingerprint density at radius 3 is 3.00 bits per heavy atom. The first-order chi connectivity index (χ1) is 10.3. The van der Waals surface area contributed by atoms with Crippen molar-refractivity contribution in [1.29, 1.82) is 0 Å². The van der Waals surface area contributed by atoms with Gasteiger partial charge >= 0.3 is 5.97 Å². The van der Waals surface area contributed by atoms with E-state index < -0.39 is 0 Å². The van der Waals surface area contributed by atoms with Crippen LogP contribution in [0, 0.1) is 5.92 Å². The van der Waals surface area contributed by atoms with Crippen LogP contribution in [0.1, 0.15) is 12.8 Å². The first kappa shape index (κ1) is 14.2. The van der Waals surface area contributed by atoms with Crippen LogP contribution in [0.4, 0.5) is 0 Å². The van der Waals surface area contributed by atoms with E-state index in [9.17, 15) is 4.79 Å². The quantitative estimate of drug-likeness (QED) is 0.794. The predicted molar refractivity (Wildman–Crippen MR) is 77.5 cm³/mol. The van der Waals surface area contributed by atoms with Crippen LogP contribution in [-0.2, 0) is 9.53 Å². The summed E-state index contributed by atoms with van der Waals surface area (Å²) in [6.07, 6.45) is 1.94. The first-order valence-corrected chi connectivity index (χ1v) is 7.45. The third kappa shape index (κ3) is 3.29. The molecule has 0 radical (unpaired) electrons. The fourth-order valence-electron chi connectivity index (χ4n) is 3.02. The number of para-hydroxylation sites is 2. The Balaban J connectivity index is 1.56. The highest BCUT2D eigenvalue weighted by Gasteiger charge is 2.29. The molecule has 1 aromatic carbocycles. The molecule has 114 valence electrons. The molecule has 0 saturated carbocycles. The molecule has 1 saturated heterocycles. The monoisotopic (exact) mass is 291 g/mol. The van der Waals surface area contributed by atoms with Crippen LogP contribution in [0.15, 0.2) is 24.3 Å². The van der Waals surface area contributed by atoms with E-state index in [2.05, 4.69) is 4.90 Å². The largest absolute Gasteiger partial charge is 0.486 e. The van der Waals surface area contributed by atoms with E-state index in [1.165, 1.54) is 7.11 Å². The van der Waals surface area contributed by atoms with Crippen LogP contribution in [-0.4, -0.2) is 50.3 Å². The van der Waals surface area contributed by atoms with Gasteiger partial charge in [-0.25, -0.2) is 0 Å². The zero-order valence-electron chi connectivity index (χ0n) is 12.3. The zero-order valence-corrected chi connectivity index (χ0v) is 12.3. The summed E-state index contributed by atoms with van der Waals surface area (Å²) in [5.41, 5.74) is 0. The predicted octanol–water partition coefficient (Wildman–Crippen LogP) is 1.71. The maximum atomic E-state index is 11.7. The second-order valence-electron chi connectivity index (χ2n) is 5.62. The van der Waals surface area contributed by atoms with Gasteiger partial charge in [0.15, 0.2) is 11.5 Å². The lowest BCUT2D eigenvalue weighted by Crippen LogP contribution is -2.46. The van der Waals surface area contributed by atoms with E-state index in [1.807, 2.05) is 24.3 Å². The van der Waals surface area contributed by atoms with Crippen molar-refractivity contribution in [2.24, 2.45) is 5.92 Å². The van der Waals surface area contributed by atoms with Crippen LogP contribution >= 0.6 is 0 Å². The summed E-state index contributed by atoms with van der Waals surface area (Å²) in [7, 11) is 1.45. The minimum absolute atomic E-state index is 0.0105. The van der Waals surface area contributed by atoms with Crippen molar-refractivity contribution in [3.63, 3.8) is 0 Å². The number of carbonyl (C=O) groups excluding carboxylic acids is 1. The molecule has 2 atom stereocenters. The number of piperidine rings is 1. The molecule has 0 aromatic heterocycles. The Kier molecular flexibility index (Phi) is 4.29. The van der Waals surface area contributed by atoms with Gasteiger partial charge in [0.2, 0.25) is 0 Å². The lowest BCUT2D eigenvalue weighted by molar-refractivity contribution is -0.147. The number of carbonyl (C=O) groups is 1. The molecule has 2 heterocycles. The maximum absolute atomic E-state index is 11.7. The number of hydrogen-bond acceptors (Lipinski definition) is 5.